The van der Waals surface area contributed by atoms with Crippen molar-refractivity contribution in [2.75, 3.05) is 0 Å². The molecule has 0 atom stereocenters. The molecule has 0 aliphatic carbocycles. The topological polar surface area (TPSA) is 89.3 Å². The Morgan fingerprint density at radius 3 is 2.40 bits per heavy atom. The van der Waals surface area contributed by atoms with E-state index in [0.29, 0.717) is 12.8 Å². The van der Waals surface area contributed by atoms with E-state index < -0.39 is 11.6 Å². The molecule has 4 nitrogen and oxygen atoms in total. The molecule has 82 valence electrons. The van der Waals surface area contributed by atoms with Gasteiger partial charge in [0.25, 0.3) is 0 Å². The Kier molecular flexibility index (Phi) is 3.82. The van der Waals surface area contributed by atoms with E-state index in [4.69, 9.17) is 16.6 Å². The highest BCUT2D eigenvalue weighted by molar-refractivity contribution is 5.66. The Morgan fingerprint density at radius 2 is 1.87 bits per heavy atom. The Morgan fingerprint density at radius 1 is 1.27 bits per heavy atom. The van der Waals surface area contributed by atoms with Gasteiger partial charge in [0, 0.05) is 6.42 Å². The Bertz CT molecular complexity index is 323. The molecule has 1 aromatic carbocycles. The zero-order chi connectivity index (χ0) is 11.3. The van der Waals surface area contributed by atoms with Crippen LogP contribution in [0, 0.1) is 0 Å². The summed E-state index contributed by atoms with van der Waals surface area (Å²) in [5.74, 6) is -0.820. The maximum Gasteiger partial charge on any atom is 0.303 e. The van der Waals surface area contributed by atoms with E-state index in [0.717, 1.165) is 5.56 Å². The van der Waals surface area contributed by atoms with Gasteiger partial charge in [-0.1, -0.05) is 30.3 Å². The van der Waals surface area contributed by atoms with Crippen LogP contribution in [0.5, 0.6) is 0 Å². The van der Waals surface area contributed by atoms with Crippen molar-refractivity contribution in [1.29, 1.82) is 0 Å². The number of carboxylic acids is 1. The molecule has 0 amide bonds. The van der Waals surface area contributed by atoms with E-state index in [-0.39, 0.29) is 6.42 Å². The van der Waals surface area contributed by atoms with Crippen molar-refractivity contribution in [2.24, 2.45) is 11.5 Å². The standard InChI is InChI=1S/C11H16N2O2/c12-11(13,8-4-7-10(14)15)9-5-2-1-3-6-9/h1-3,5-6H,4,7-8,12-13H2,(H,14,15). The highest BCUT2D eigenvalue weighted by Gasteiger charge is 2.21. The van der Waals surface area contributed by atoms with Crippen LogP contribution in [-0.4, -0.2) is 11.1 Å². The fourth-order valence-corrected chi connectivity index (χ4v) is 1.42. The molecule has 0 aliphatic rings. The van der Waals surface area contributed by atoms with E-state index >= 15 is 0 Å². The van der Waals surface area contributed by atoms with Gasteiger partial charge in [-0.05, 0) is 18.4 Å². The van der Waals surface area contributed by atoms with E-state index in [1.54, 1.807) is 0 Å². The van der Waals surface area contributed by atoms with E-state index in [1.807, 2.05) is 30.3 Å². The molecule has 0 aromatic heterocycles. The van der Waals surface area contributed by atoms with Gasteiger partial charge >= 0.3 is 5.97 Å². The number of rotatable bonds is 5. The molecule has 4 heteroatoms. The first kappa shape index (κ1) is 11.7. The maximum absolute atomic E-state index is 10.3. The lowest BCUT2D eigenvalue weighted by Crippen LogP contribution is -2.46. The van der Waals surface area contributed by atoms with Crippen LogP contribution in [0.2, 0.25) is 0 Å². The quantitative estimate of drug-likeness (QED) is 0.630. The second kappa shape index (κ2) is 4.91. The summed E-state index contributed by atoms with van der Waals surface area (Å²) in [5, 5.41) is 8.50. The van der Waals surface area contributed by atoms with Gasteiger partial charge in [0.1, 0.15) is 0 Å². The molecule has 0 radical (unpaired) electrons. The van der Waals surface area contributed by atoms with Crippen molar-refractivity contribution < 1.29 is 9.90 Å². The largest absolute Gasteiger partial charge is 0.481 e. The van der Waals surface area contributed by atoms with Crippen molar-refractivity contribution in [3.63, 3.8) is 0 Å². The first-order chi connectivity index (χ1) is 7.02. The van der Waals surface area contributed by atoms with Crippen molar-refractivity contribution in [3.05, 3.63) is 35.9 Å². The number of carbonyl (C=O) groups is 1. The highest BCUT2D eigenvalue weighted by atomic mass is 16.4. The van der Waals surface area contributed by atoms with Crippen LogP contribution in [0.25, 0.3) is 0 Å². The van der Waals surface area contributed by atoms with Gasteiger partial charge in [-0.15, -0.1) is 0 Å². The van der Waals surface area contributed by atoms with E-state index in [1.165, 1.54) is 0 Å². The van der Waals surface area contributed by atoms with Gasteiger partial charge in [0.05, 0.1) is 5.66 Å². The van der Waals surface area contributed by atoms with Crippen molar-refractivity contribution in [3.8, 4) is 0 Å². The molecule has 1 rings (SSSR count). The minimum atomic E-state index is -0.934. The maximum atomic E-state index is 10.3. The molecule has 0 saturated carbocycles. The third kappa shape index (κ3) is 3.69. The lowest BCUT2D eigenvalue weighted by Gasteiger charge is -2.24. The Balaban J connectivity index is 2.56. The fraction of sp³-hybridized carbons (Fsp3) is 0.364. The monoisotopic (exact) mass is 208 g/mol. The summed E-state index contributed by atoms with van der Waals surface area (Å²) in [6, 6.07) is 9.31. The van der Waals surface area contributed by atoms with Crippen LogP contribution in [0.4, 0.5) is 0 Å². The number of nitrogens with two attached hydrogens (primary N) is 2. The first-order valence-corrected chi connectivity index (χ1v) is 4.87. The van der Waals surface area contributed by atoms with Crippen LogP contribution < -0.4 is 11.5 Å². The molecule has 0 fully saturated rings. The summed E-state index contributed by atoms with van der Waals surface area (Å²) in [5.41, 5.74) is 11.7. The number of aliphatic carboxylic acids is 1. The SMILES string of the molecule is NC(N)(CCCC(=O)O)c1ccccc1. The van der Waals surface area contributed by atoms with Crippen LogP contribution in [-0.2, 0) is 10.5 Å². The number of carboxylic acid groups (broad SMARTS) is 1. The second-order valence-electron chi connectivity index (χ2n) is 3.65. The van der Waals surface area contributed by atoms with Crippen LogP contribution in [0.1, 0.15) is 24.8 Å². The Hall–Kier alpha value is -1.39. The van der Waals surface area contributed by atoms with Gasteiger partial charge in [-0.25, -0.2) is 0 Å². The first-order valence-electron chi connectivity index (χ1n) is 4.87. The Labute approximate surface area is 88.9 Å². The molecule has 0 unspecified atom stereocenters. The molecule has 0 heterocycles. The molecular formula is C11H16N2O2. The zero-order valence-corrected chi connectivity index (χ0v) is 8.52. The molecule has 1 aromatic rings. The summed E-state index contributed by atoms with van der Waals surface area (Å²) < 4.78 is 0. The fourth-order valence-electron chi connectivity index (χ4n) is 1.42. The van der Waals surface area contributed by atoms with Gasteiger partial charge in [0.15, 0.2) is 0 Å². The number of hydrogen-bond acceptors (Lipinski definition) is 3. The summed E-state index contributed by atoms with van der Waals surface area (Å²) in [7, 11) is 0. The van der Waals surface area contributed by atoms with Crippen molar-refractivity contribution >= 4 is 5.97 Å². The van der Waals surface area contributed by atoms with Crippen LogP contribution in [0.3, 0.4) is 0 Å². The predicted octanol–water partition coefficient (Wildman–Crippen LogP) is 1.01. The summed E-state index contributed by atoms with van der Waals surface area (Å²) in [6.45, 7) is 0. The molecular weight excluding hydrogens is 192 g/mol. The van der Waals surface area contributed by atoms with Gasteiger partial charge < -0.3 is 16.6 Å². The van der Waals surface area contributed by atoms with Gasteiger partial charge in [-0.3, -0.25) is 4.79 Å². The van der Waals surface area contributed by atoms with Crippen molar-refractivity contribution in [1.82, 2.24) is 0 Å². The van der Waals surface area contributed by atoms with Crippen molar-refractivity contribution in [2.45, 2.75) is 24.9 Å². The van der Waals surface area contributed by atoms with Crippen LogP contribution in [0.15, 0.2) is 30.3 Å². The minimum absolute atomic E-state index is 0.100. The molecule has 0 aliphatic heterocycles. The molecule has 15 heavy (non-hydrogen) atoms. The third-order valence-electron chi connectivity index (χ3n) is 2.29. The minimum Gasteiger partial charge on any atom is -0.481 e. The number of hydrogen-bond donors (Lipinski definition) is 3. The average Bonchev–Trinajstić information content (AvgIpc) is 2.18. The second-order valence-corrected chi connectivity index (χ2v) is 3.65. The summed E-state index contributed by atoms with van der Waals surface area (Å²) in [4.78, 5) is 10.3. The smallest absolute Gasteiger partial charge is 0.303 e. The van der Waals surface area contributed by atoms with E-state index in [2.05, 4.69) is 0 Å². The lowest BCUT2D eigenvalue weighted by atomic mass is 9.95. The lowest BCUT2D eigenvalue weighted by molar-refractivity contribution is -0.137. The summed E-state index contributed by atoms with van der Waals surface area (Å²) >= 11 is 0. The molecule has 0 spiro atoms. The van der Waals surface area contributed by atoms with Crippen LogP contribution >= 0.6 is 0 Å². The molecule has 0 saturated heterocycles. The third-order valence-corrected chi connectivity index (χ3v) is 2.29. The predicted molar refractivity (Wildman–Crippen MR) is 58.0 cm³/mol. The van der Waals surface area contributed by atoms with Gasteiger partial charge in [-0.2, -0.15) is 0 Å². The highest BCUT2D eigenvalue weighted by Crippen LogP contribution is 2.18. The molecule has 0 bridgehead atoms. The molecule has 5 N–H and O–H groups in total. The van der Waals surface area contributed by atoms with Gasteiger partial charge in [0.2, 0.25) is 0 Å². The van der Waals surface area contributed by atoms with E-state index in [9.17, 15) is 4.79 Å². The summed E-state index contributed by atoms with van der Waals surface area (Å²) in [6.07, 6.45) is 1.05. The number of benzene rings is 1. The zero-order valence-electron chi connectivity index (χ0n) is 8.52. The normalized spacial score (nSPS) is 11.3. The average molecular weight is 208 g/mol.